The molecule has 2 bridgehead atoms. The third-order valence-corrected chi connectivity index (χ3v) is 4.85. The van der Waals surface area contributed by atoms with Gasteiger partial charge in [0.25, 0.3) is 0 Å². The number of carbonyl (C=O) groups excluding carboxylic acids is 1. The zero-order valence-electron chi connectivity index (χ0n) is 12.0. The number of fused-ring (bicyclic) bond motifs is 2. The highest BCUT2D eigenvalue weighted by atomic mass is 16.2. The molecule has 3 rings (SSSR count). The molecule has 0 unspecified atom stereocenters. The third-order valence-electron chi connectivity index (χ3n) is 4.85. The summed E-state index contributed by atoms with van der Waals surface area (Å²) in [6.45, 7) is 3.84. The van der Waals surface area contributed by atoms with Crippen molar-refractivity contribution >= 4 is 5.91 Å². The summed E-state index contributed by atoms with van der Waals surface area (Å²) in [4.78, 5) is 15.2. The van der Waals surface area contributed by atoms with E-state index in [9.17, 15) is 4.79 Å². The van der Waals surface area contributed by atoms with E-state index < -0.39 is 0 Å². The molecule has 2 aliphatic rings. The number of rotatable bonds is 4. The van der Waals surface area contributed by atoms with Gasteiger partial charge in [-0.3, -0.25) is 4.79 Å². The molecule has 0 N–H and O–H groups in total. The van der Waals surface area contributed by atoms with Crippen LogP contribution >= 0.6 is 0 Å². The second kappa shape index (κ2) is 5.82. The van der Waals surface area contributed by atoms with Crippen LogP contribution in [0.5, 0.6) is 0 Å². The van der Waals surface area contributed by atoms with E-state index in [1.807, 2.05) is 24.3 Å². The smallest absolute Gasteiger partial charge is 0.230 e. The summed E-state index contributed by atoms with van der Waals surface area (Å²) in [5.74, 6) is 0.276. The van der Waals surface area contributed by atoms with Gasteiger partial charge in [0.15, 0.2) is 0 Å². The SMILES string of the molecule is C=CC[C@@H](C(=O)N1[C@@H]2CCC[C@@H]1CC2)c1ccccc1. The molecule has 2 heteroatoms. The van der Waals surface area contributed by atoms with E-state index in [0.717, 1.165) is 12.0 Å². The maximum atomic E-state index is 13.0. The van der Waals surface area contributed by atoms with Gasteiger partial charge in [0.2, 0.25) is 5.91 Å². The third kappa shape index (κ3) is 2.39. The van der Waals surface area contributed by atoms with Crippen molar-refractivity contribution in [1.82, 2.24) is 4.90 Å². The molecule has 0 aliphatic carbocycles. The molecule has 0 saturated carbocycles. The minimum absolute atomic E-state index is 0.0464. The summed E-state index contributed by atoms with van der Waals surface area (Å²) >= 11 is 0. The van der Waals surface area contributed by atoms with Crippen LogP contribution in [0.1, 0.15) is 50.0 Å². The molecule has 2 saturated heterocycles. The molecule has 20 heavy (non-hydrogen) atoms. The fraction of sp³-hybridized carbons (Fsp3) is 0.500. The van der Waals surface area contributed by atoms with Gasteiger partial charge in [-0.25, -0.2) is 0 Å². The standard InChI is InChI=1S/C18H23NO/c1-2-7-17(14-8-4-3-5-9-14)18(20)19-15-10-6-11-16(19)13-12-15/h2-5,8-9,15-17H,1,6-7,10-13H2/t15-,16-,17-/m1/s1. The first-order valence-electron chi connectivity index (χ1n) is 7.79. The Bertz CT molecular complexity index is 465. The van der Waals surface area contributed by atoms with Crippen molar-refractivity contribution in [2.45, 2.75) is 56.5 Å². The lowest BCUT2D eigenvalue weighted by Gasteiger charge is -2.37. The molecule has 1 aromatic carbocycles. The van der Waals surface area contributed by atoms with Gasteiger partial charge in [0, 0.05) is 12.1 Å². The number of hydrogen-bond donors (Lipinski definition) is 0. The van der Waals surface area contributed by atoms with E-state index in [0.29, 0.717) is 18.0 Å². The van der Waals surface area contributed by atoms with E-state index in [2.05, 4.69) is 23.6 Å². The maximum absolute atomic E-state index is 13.0. The largest absolute Gasteiger partial charge is 0.336 e. The highest BCUT2D eigenvalue weighted by molar-refractivity contribution is 5.85. The van der Waals surface area contributed by atoms with Crippen LogP contribution in [0.15, 0.2) is 43.0 Å². The Balaban J connectivity index is 1.84. The number of hydrogen-bond acceptors (Lipinski definition) is 1. The molecule has 3 atom stereocenters. The quantitative estimate of drug-likeness (QED) is 0.759. The minimum atomic E-state index is -0.0464. The lowest BCUT2D eigenvalue weighted by atomic mass is 9.92. The molecule has 1 aromatic rings. The Morgan fingerprint density at radius 3 is 2.45 bits per heavy atom. The number of carbonyl (C=O) groups is 1. The number of benzene rings is 1. The van der Waals surface area contributed by atoms with Crippen LogP contribution in [-0.2, 0) is 4.79 Å². The van der Waals surface area contributed by atoms with Crippen molar-refractivity contribution in [3.05, 3.63) is 48.6 Å². The van der Waals surface area contributed by atoms with Gasteiger partial charge in [-0.1, -0.05) is 36.4 Å². The van der Waals surface area contributed by atoms with Crippen molar-refractivity contribution in [3.63, 3.8) is 0 Å². The molecule has 2 nitrogen and oxygen atoms in total. The van der Waals surface area contributed by atoms with E-state index >= 15 is 0 Å². The summed E-state index contributed by atoms with van der Waals surface area (Å²) in [5.41, 5.74) is 1.13. The first-order chi connectivity index (χ1) is 9.81. The topological polar surface area (TPSA) is 20.3 Å². The van der Waals surface area contributed by atoms with E-state index in [-0.39, 0.29) is 5.92 Å². The number of piperidine rings is 1. The summed E-state index contributed by atoms with van der Waals surface area (Å²) in [7, 11) is 0. The molecule has 0 radical (unpaired) electrons. The zero-order valence-corrected chi connectivity index (χ0v) is 12.0. The van der Waals surface area contributed by atoms with Gasteiger partial charge < -0.3 is 4.90 Å². The van der Waals surface area contributed by atoms with Crippen molar-refractivity contribution < 1.29 is 4.79 Å². The summed E-state index contributed by atoms with van der Waals surface area (Å²) in [6.07, 6.45) is 8.68. The maximum Gasteiger partial charge on any atom is 0.230 e. The fourth-order valence-electron chi connectivity index (χ4n) is 3.89. The van der Waals surface area contributed by atoms with Crippen LogP contribution < -0.4 is 0 Å². The van der Waals surface area contributed by atoms with E-state index in [1.165, 1.54) is 32.1 Å². The van der Waals surface area contributed by atoms with Gasteiger partial charge in [-0.15, -0.1) is 6.58 Å². The van der Waals surface area contributed by atoms with Crippen LogP contribution in [0, 0.1) is 0 Å². The highest BCUT2D eigenvalue weighted by Gasteiger charge is 2.41. The van der Waals surface area contributed by atoms with E-state index in [4.69, 9.17) is 0 Å². The fourth-order valence-corrected chi connectivity index (χ4v) is 3.89. The summed E-state index contributed by atoms with van der Waals surface area (Å²) in [5, 5.41) is 0. The van der Waals surface area contributed by atoms with Crippen LogP contribution in [0.4, 0.5) is 0 Å². The Labute approximate surface area is 121 Å². The molecule has 2 heterocycles. The zero-order chi connectivity index (χ0) is 13.9. The average Bonchev–Trinajstić information content (AvgIpc) is 2.74. The number of allylic oxidation sites excluding steroid dienone is 1. The van der Waals surface area contributed by atoms with Crippen molar-refractivity contribution in [2.75, 3.05) is 0 Å². The Morgan fingerprint density at radius 2 is 1.85 bits per heavy atom. The second-order valence-electron chi connectivity index (χ2n) is 6.05. The lowest BCUT2D eigenvalue weighted by Crippen LogP contribution is -2.46. The monoisotopic (exact) mass is 269 g/mol. The first-order valence-corrected chi connectivity index (χ1v) is 7.79. The van der Waals surface area contributed by atoms with Gasteiger partial charge >= 0.3 is 0 Å². The predicted octanol–water partition coefficient (Wildman–Crippen LogP) is 3.89. The van der Waals surface area contributed by atoms with E-state index in [1.54, 1.807) is 0 Å². The first kappa shape index (κ1) is 13.4. The molecule has 0 aromatic heterocycles. The molecule has 1 amide bonds. The van der Waals surface area contributed by atoms with Crippen LogP contribution in [0.2, 0.25) is 0 Å². The molecule has 0 spiro atoms. The Kier molecular flexibility index (Phi) is 3.90. The van der Waals surface area contributed by atoms with Crippen molar-refractivity contribution in [1.29, 1.82) is 0 Å². The molecular formula is C18H23NO. The molecular weight excluding hydrogens is 246 g/mol. The summed E-state index contributed by atoms with van der Waals surface area (Å²) in [6, 6.07) is 11.2. The van der Waals surface area contributed by atoms with Gasteiger partial charge in [0.05, 0.1) is 5.92 Å². The average molecular weight is 269 g/mol. The number of nitrogens with zero attached hydrogens (tertiary/aromatic N) is 1. The van der Waals surface area contributed by atoms with Crippen molar-refractivity contribution in [2.24, 2.45) is 0 Å². The molecule has 106 valence electrons. The van der Waals surface area contributed by atoms with Crippen LogP contribution in [0.25, 0.3) is 0 Å². The lowest BCUT2D eigenvalue weighted by molar-refractivity contribution is -0.137. The van der Waals surface area contributed by atoms with Crippen LogP contribution in [0.3, 0.4) is 0 Å². The molecule has 2 aliphatic heterocycles. The Hall–Kier alpha value is -1.57. The van der Waals surface area contributed by atoms with Gasteiger partial charge in [0.1, 0.15) is 0 Å². The Morgan fingerprint density at radius 1 is 1.20 bits per heavy atom. The second-order valence-corrected chi connectivity index (χ2v) is 6.05. The normalized spacial score (nSPS) is 26.3. The van der Waals surface area contributed by atoms with Crippen molar-refractivity contribution in [3.8, 4) is 0 Å². The van der Waals surface area contributed by atoms with Gasteiger partial charge in [-0.2, -0.15) is 0 Å². The van der Waals surface area contributed by atoms with Gasteiger partial charge in [-0.05, 0) is 44.1 Å². The molecule has 2 fully saturated rings. The minimum Gasteiger partial charge on any atom is -0.336 e. The summed E-state index contributed by atoms with van der Waals surface area (Å²) < 4.78 is 0. The highest BCUT2D eigenvalue weighted by Crippen LogP contribution is 2.38. The van der Waals surface area contributed by atoms with Crippen LogP contribution in [-0.4, -0.2) is 22.9 Å². The number of amides is 1. The predicted molar refractivity (Wildman–Crippen MR) is 81.5 cm³/mol.